The Morgan fingerprint density at radius 2 is 2.27 bits per heavy atom. The van der Waals surface area contributed by atoms with Gasteiger partial charge >= 0.3 is 0 Å². The van der Waals surface area contributed by atoms with Crippen LogP contribution in [0.1, 0.15) is 24.8 Å². The van der Waals surface area contributed by atoms with Crippen LogP contribution in [0.3, 0.4) is 0 Å². The molecule has 4 rings (SSSR count). The third-order valence-electron chi connectivity index (χ3n) is 5.24. The van der Waals surface area contributed by atoms with Gasteiger partial charge in [0.05, 0.1) is 24.5 Å². The van der Waals surface area contributed by atoms with Crippen molar-refractivity contribution < 1.29 is 9.53 Å². The summed E-state index contributed by atoms with van der Waals surface area (Å²) in [6.45, 7) is 1.53. The summed E-state index contributed by atoms with van der Waals surface area (Å²) in [5, 5.41) is 3.08. The van der Waals surface area contributed by atoms with Crippen molar-refractivity contribution in [3.05, 3.63) is 42.4 Å². The minimum atomic E-state index is -0.0139. The summed E-state index contributed by atoms with van der Waals surface area (Å²) in [5.74, 6) is 1.01. The molecule has 3 heterocycles. The van der Waals surface area contributed by atoms with Crippen LogP contribution in [-0.2, 0) is 11.2 Å². The highest BCUT2D eigenvalue weighted by atomic mass is 16.5. The number of rotatable bonds is 4. The van der Waals surface area contributed by atoms with Gasteiger partial charge in [0.15, 0.2) is 0 Å². The molecule has 2 aliphatic rings. The number of amides is 1. The van der Waals surface area contributed by atoms with Gasteiger partial charge in [-0.15, -0.1) is 0 Å². The first-order valence-electron chi connectivity index (χ1n) is 9.24. The molecule has 1 amide bonds. The Bertz CT molecular complexity index is 781. The predicted molar refractivity (Wildman–Crippen MR) is 98.9 cm³/mol. The van der Waals surface area contributed by atoms with Crippen molar-refractivity contribution in [1.82, 2.24) is 20.2 Å². The lowest BCUT2D eigenvalue weighted by Gasteiger charge is -2.31. The maximum absolute atomic E-state index is 12.5. The number of nitrogens with zero attached hydrogens (tertiary/aromatic N) is 3. The zero-order chi connectivity index (χ0) is 17.9. The largest absolute Gasteiger partial charge is 0.488 e. The lowest BCUT2D eigenvalue weighted by atomic mass is 10.0. The Kier molecular flexibility index (Phi) is 4.84. The van der Waals surface area contributed by atoms with Gasteiger partial charge in [-0.25, -0.2) is 0 Å². The van der Waals surface area contributed by atoms with E-state index >= 15 is 0 Å². The van der Waals surface area contributed by atoms with Gasteiger partial charge in [-0.3, -0.25) is 19.7 Å². The van der Waals surface area contributed by atoms with E-state index in [1.807, 2.05) is 19.2 Å². The first-order chi connectivity index (χ1) is 12.7. The number of likely N-dealkylation sites (N-methyl/N-ethyl adjacent to an activating group) is 1. The van der Waals surface area contributed by atoms with E-state index < -0.39 is 0 Å². The maximum atomic E-state index is 12.5. The van der Waals surface area contributed by atoms with Gasteiger partial charge in [-0.1, -0.05) is 6.42 Å². The molecule has 0 aliphatic carbocycles. The topological polar surface area (TPSA) is 67.4 Å². The molecule has 0 radical (unpaired) electrons. The third kappa shape index (κ3) is 3.55. The monoisotopic (exact) mass is 352 g/mol. The van der Waals surface area contributed by atoms with Gasteiger partial charge in [0.1, 0.15) is 11.9 Å². The summed E-state index contributed by atoms with van der Waals surface area (Å²) in [4.78, 5) is 23.1. The first kappa shape index (κ1) is 17.0. The van der Waals surface area contributed by atoms with Crippen molar-refractivity contribution in [3.8, 4) is 17.0 Å². The van der Waals surface area contributed by atoms with Crippen LogP contribution in [0.5, 0.6) is 5.75 Å². The van der Waals surface area contributed by atoms with Gasteiger partial charge in [0, 0.05) is 24.4 Å². The number of piperidine rings is 1. The van der Waals surface area contributed by atoms with E-state index in [9.17, 15) is 4.79 Å². The average molecular weight is 352 g/mol. The van der Waals surface area contributed by atoms with E-state index in [-0.39, 0.29) is 18.1 Å². The summed E-state index contributed by atoms with van der Waals surface area (Å²) >= 11 is 0. The number of fused-ring (bicyclic) bond motifs is 1. The Morgan fingerprint density at radius 1 is 1.35 bits per heavy atom. The minimum Gasteiger partial charge on any atom is -0.488 e. The van der Waals surface area contributed by atoms with Crippen molar-refractivity contribution in [1.29, 1.82) is 0 Å². The Balaban J connectivity index is 1.36. The molecular weight excluding hydrogens is 328 g/mol. The molecule has 26 heavy (non-hydrogen) atoms. The molecule has 6 nitrogen and oxygen atoms in total. The van der Waals surface area contributed by atoms with E-state index in [1.165, 1.54) is 6.42 Å². The second-order valence-corrected chi connectivity index (χ2v) is 7.09. The Morgan fingerprint density at radius 3 is 3.08 bits per heavy atom. The number of nitrogens with one attached hydrogen (secondary N) is 1. The summed E-state index contributed by atoms with van der Waals surface area (Å²) in [6, 6.07) is 6.09. The van der Waals surface area contributed by atoms with Gasteiger partial charge in [0.25, 0.3) is 0 Å². The van der Waals surface area contributed by atoms with E-state index in [0.717, 1.165) is 48.4 Å². The third-order valence-corrected chi connectivity index (χ3v) is 5.24. The van der Waals surface area contributed by atoms with Crippen molar-refractivity contribution in [2.24, 2.45) is 0 Å². The zero-order valence-corrected chi connectivity index (χ0v) is 15.0. The van der Waals surface area contributed by atoms with Gasteiger partial charge in [-0.05, 0) is 50.2 Å². The molecule has 1 fully saturated rings. The SMILES string of the molecule is CN1CCCCC1C(=O)NCC1Cc2cc(-c3cnccn3)ccc2O1. The maximum Gasteiger partial charge on any atom is 0.237 e. The molecule has 0 saturated carbocycles. The smallest absolute Gasteiger partial charge is 0.237 e. The molecule has 2 aromatic rings. The Labute approximate surface area is 153 Å². The number of likely N-dealkylation sites (tertiary alicyclic amines) is 1. The standard InChI is InChI=1S/C20H24N4O2/c1-24-9-3-2-4-18(24)20(25)23-12-16-11-15-10-14(5-6-19(15)26-16)17-13-21-7-8-22-17/h5-8,10,13,16,18H,2-4,9,11-12H2,1H3,(H,23,25). The number of ether oxygens (including phenoxy) is 1. The van der Waals surface area contributed by atoms with Gasteiger partial charge < -0.3 is 10.1 Å². The van der Waals surface area contributed by atoms with Crippen molar-refractivity contribution >= 4 is 5.91 Å². The van der Waals surface area contributed by atoms with Crippen molar-refractivity contribution in [2.45, 2.75) is 37.8 Å². The molecule has 2 unspecified atom stereocenters. The fourth-order valence-corrected chi connectivity index (χ4v) is 3.78. The van der Waals surface area contributed by atoms with Crippen LogP contribution in [0.15, 0.2) is 36.8 Å². The number of hydrogen-bond acceptors (Lipinski definition) is 5. The number of benzene rings is 1. The number of hydrogen-bond donors (Lipinski definition) is 1. The molecular formula is C20H24N4O2. The Hall–Kier alpha value is -2.47. The molecule has 1 saturated heterocycles. The summed E-state index contributed by atoms with van der Waals surface area (Å²) in [6.07, 6.45) is 9.14. The molecule has 1 aromatic carbocycles. The van der Waals surface area contributed by atoms with E-state index in [0.29, 0.717) is 6.54 Å². The van der Waals surface area contributed by atoms with Crippen molar-refractivity contribution in [3.63, 3.8) is 0 Å². The molecule has 136 valence electrons. The first-order valence-corrected chi connectivity index (χ1v) is 9.24. The van der Waals surface area contributed by atoms with Crippen LogP contribution in [0.4, 0.5) is 0 Å². The average Bonchev–Trinajstić information content (AvgIpc) is 3.09. The number of aromatic nitrogens is 2. The summed E-state index contributed by atoms with van der Waals surface area (Å²) in [5.41, 5.74) is 3.04. The van der Waals surface area contributed by atoms with Crippen molar-refractivity contribution in [2.75, 3.05) is 20.1 Å². The highest BCUT2D eigenvalue weighted by Gasteiger charge is 2.28. The molecule has 2 atom stereocenters. The van der Waals surface area contributed by atoms with E-state index in [2.05, 4.69) is 26.3 Å². The van der Waals surface area contributed by atoms with E-state index in [1.54, 1.807) is 18.6 Å². The summed E-state index contributed by atoms with van der Waals surface area (Å²) in [7, 11) is 2.03. The van der Waals surface area contributed by atoms with Crippen LogP contribution in [0, 0.1) is 0 Å². The normalized spacial score (nSPS) is 22.5. The van der Waals surface area contributed by atoms with Crippen LogP contribution in [0.2, 0.25) is 0 Å². The fourth-order valence-electron chi connectivity index (χ4n) is 3.78. The number of carbonyl (C=O) groups excluding carboxylic acids is 1. The lowest BCUT2D eigenvalue weighted by molar-refractivity contribution is -0.127. The van der Waals surface area contributed by atoms with E-state index in [4.69, 9.17) is 4.74 Å². The second kappa shape index (κ2) is 7.41. The zero-order valence-electron chi connectivity index (χ0n) is 15.0. The van der Waals surface area contributed by atoms with Gasteiger partial charge in [-0.2, -0.15) is 0 Å². The molecule has 2 aliphatic heterocycles. The molecule has 0 spiro atoms. The highest BCUT2D eigenvalue weighted by Crippen LogP contribution is 2.32. The quantitative estimate of drug-likeness (QED) is 0.912. The molecule has 1 N–H and O–H groups in total. The van der Waals surface area contributed by atoms with Crippen LogP contribution < -0.4 is 10.1 Å². The predicted octanol–water partition coefficient (Wildman–Crippen LogP) is 2.05. The second-order valence-electron chi connectivity index (χ2n) is 7.09. The van der Waals surface area contributed by atoms with Gasteiger partial charge in [0.2, 0.25) is 5.91 Å². The molecule has 1 aromatic heterocycles. The highest BCUT2D eigenvalue weighted by molar-refractivity contribution is 5.81. The fraction of sp³-hybridized carbons (Fsp3) is 0.450. The van der Waals surface area contributed by atoms with Crippen LogP contribution >= 0.6 is 0 Å². The van der Waals surface area contributed by atoms with Crippen LogP contribution in [0.25, 0.3) is 11.3 Å². The van der Waals surface area contributed by atoms with Crippen LogP contribution in [-0.4, -0.2) is 53.1 Å². The number of carbonyl (C=O) groups is 1. The molecule has 6 heteroatoms. The summed E-state index contributed by atoms with van der Waals surface area (Å²) < 4.78 is 6.00. The lowest BCUT2D eigenvalue weighted by Crippen LogP contribution is -2.49. The minimum absolute atomic E-state index is 0.00390. The molecule has 0 bridgehead atoms.